The Hall–Kier alpha value is -3.78. The third-order valence-electron chi connectivity index (χ3n) is 6.14. The fraction of sp³-hybridized carbons (Fsp3) is 0.333. The zero-order valence-electron chi connectivity index (χ0n) is 19.7. The van der Waals surface area contributed by atoms with Gasteiger partial charge in [0.1, 0.15) is 17.3 Å². The topological polar surface area (TPSA) is 110 Å². The van der Waals surface area contributed by atoms with E-state index in [0.717, 1.165) is 37.3 Å². The number of nitrogens with two attached hydrogens (primary N) is 1. The SMILES string of the molecule is NC(=O)NC(CC(=O)NCC(c1ccco1)N1CCCCC1)c1cccc(Oc2ccccc2)c1. The van der Waals surface area contributed by atoms with Gasteiger partial charge in [0.25, 0.3) is 0 Å². The summed E-state index contributed by atoms with van der Waals surface area (Å²) in [7, 11) is 0. The van der Waals surface area contributed by atoms with E-state index in [2.05, 4.69) is 15.5 Å². The van der Waals surface area contributed by atoms with Crippen molar-refractivity contribution in [3.8, 4) is 11.5 Å². The lowest BCUT2D eigenvalue weighted by Crippen LogP contribution is -2.42. The van der Waals surface area contributed by atoms with Crippen molar-refractivity contribution in [2.24, 2.45) is 5.73 Å². The Kier molecular flexibility index (Phi) is 8.40. The van der Waals surface area contributed by atoms with Crippen molar-refractivity contribution in [1.82, 2.24) is 15.5 Å². The molecule has 1 aliphatic rings. The number of benzene rings is 2. The minimum Gasteiger partial charge on any atom is -0.468 e. The molecule has 4 rings (SSSR count). The molecule has 3 aromatic rings. The number of nitrogens with zero attached hydrogens (tertiary/aromatic N) is 1. The van der Waals surface area contributed by atoms with Gasteiger partial charge >= 0.3 is 6.03 Å². The summed E-state index contributed by atoms with van der Waals surface area (Å²) in [5.74, 6) is 1.95. The molecule has 2 atom stereocenters. The normalized spacial score (nSPS) is 15.7. The number of carbonyl (C=O) groups excluding carboxylic acids is 2. The van der Waals surface area contributed by atoms with Crippen LogP contribution in [0.3, 0.4) is 0 Å². The molecule has 1 aromatic heterocycles. The number of hydrogen-bond acceptors (Lipinski definition) is 5. The molecule has 8 nitrogen and oxygen atoms in total. The molecular weight excluding hydrogens is 444 g/mol. The number of hydrogen-bond donors (Lipinski definition) is 3. The van der Waals surface area contributed by atoms with Crippen molar-refractivity contribution < 1.29 is 18.7 Å². The van der Waals surface area contributed by atoms with E-state index >= 15 is 0 Å². The van der Waals surface area contributed by atoms with Gasteiger partial charge in [-0.1, -0.05) is 36.8 Å². The highest BCUT2D eigenvalue weighted by Gasteiger charge is 2.26. The van der Waals surface area contributed by atoms with Crippen LogP contribution in [0.25, 0.3) is 0 Å². The molecule has 0 saturated carbocycles. The monoisotopic (exact) mass is 476 g/mol. The van der Waals surface area contributed by atoms with E-state index in [0.29, 0.717) is 18.0 Å². The second kappa shape index (κ2) is 12.1. The summed E-state index contributed by atoms with van der Waals surface area (Å²) in [5, 5.41) is 5.72. The second-order valence-corrected chi connectivity index (χ2v) is 8.68. The summed E-state index contributed by atoms with van der Waals surface area (Å²) in [4.78, 5) is 27.0. The van der Waals surface area contributed by atoms with Crippen LogP contribution in [0.2, 0.25) is 0 Å². The zero-order chi connectivity index (χ0) is 24.5. The van der Waals surface area contributed by atoms with Crippen LogP contribution in [0.4, 0.5) is 4.79 Å². The Bertz CT molecular complexity index is 1080. The van der Waals surface area contributed by atoms with Gasteiger partial charge < -0.3 is 25.5 Å². The van der Waals surface area contributed by atoms with Crippen LogP contribution in [-0.2, 0) is 4.79 Å². The number of urea groups is 1. The number of piperidine rings is 1. The van der Waals surface area contributed by atoms with Gasteiger partial charge in [-0.3, -0.25) is 9.69 Å². The van der Waals surface area contributed by atoms with Crippen LogP contribution in [-0.4, -0.2) is 36.5 Å². The summed E-state index contributed by atoms with van der Waals surface area (Å²) >= 11 is 0. The fourth-order valence-corrected chi connectivity index (χ4v) is 4.43. The van der Waals surface area contributed by atoms with E-state index in [1.54, 1.807) is 12.3 Å². The summed E-state index contributed by atoms with van der Waals surface area (Å²) < 4.78 is 11.6. The van der Waals surface area contributed by atoms with Gasteiger partial charge in [-0.15, -0.1) is 0 Å². The highest BCUT2D eigenvalue weighted by Crippen LogP contribution is 2.27. The molecule has 0 aliphatic carbocycles. The quantitative estimate of drug-likeness (QED) is 0.399. The zero-order valence-corrected chi connectivity index (χ0v) is 19.7. The van der Waals surface area contributed by atoms with E-state index in [1.165, 1.54) is 6.42 Å². The molecule has 0 bridgehead atoms. The van der Waals surface area contributed by atoms with Gasteiger partial charge in [0.2, 0.25) is 5.91 Å². The average Bonchev–Trinajstić information content (AvgIpc) is 3.40. The summed E-state index contributed by atoms with van der Waals surface area (Å²) in [6.07, 6.45) is 5.20. The molecular formula is C27H32N4O4. The minimum absolute atomic E-state index is 0.0283. The Balaban J connectivity index is 1.42. The fourth-order valence-electron chi connectivity index (χ4n) is 4.43. The number of furan rings is 1. The van der Waals surface area contributed by atoms with Gasteiger partial charge in [0, 0.05) is 6.54 Å². The van der Waals surface area contributed by atoms with Crippen molar-refractivity contribution in [2.75, 3.05) is 19.6 Å². The van der Waals surface area contributed by atoms with Crippen molar-refractivity contribution in [3.63, 3.8) is 0 Å². The van der Waals surface area contributed by atoms with Gasteiger partial charge in [0.15, 0.2) is 0 Å². The number of likely N-dealkylation sites (tertiary alicyclic amines) is 1. The second-order valence-electron chi connectivity index (χ2n) is 8.68. The van der Waals surface area contributed by atoms with E-state index < -0.39 is 12.1 Å². The Morgan fingerprint density at radius 1 is 0.971 bits per heavy atom. The molecule has 3 amide bonds. The van der Waals surface area contributed by atoms with Gasteiger partial charge in [0.05, 0.1) is 24.8 Å². The average molecular weight is 477 g/mol. The number of primary amides is 1. The lowest BCUT2D eigenvalue weighted by molar-refractivity contribution is -0.121. The summed E-state index contributed by atoms with van der Waals surface area (Å²) in [6, 6.07) is 19.2. The number of rotatable bonds is 10. The lowest BCUT2D eigenvalue weighted by Gasteiger charge is -2.33. The van der Waals surface area contributed by atoms with Crippen molar-refractivity contribution >= 4 is 11.9 Å². The summed E-state index contributed by atoms with van der Waals surface area (Å²) in [5.41, 5.74) is 6.15. The highest BCUT2D eigenvalue weighted by molar-refractivity contribution is 5.78. The first-order valence-corrected chi connectivity index (χ1v) is 12.0. The molecule has 184 valence electrons. The van der Waals surface area contributed by atoms with Crippen molar-refractivity contribution in [2.45, 2.75) is 37.8 Å². The predicted molar refractivity (Wildman–Crippen MR) is 133 cm³/mol. The molecule has 2 aromatic carbocycles. The van der Waals surface area contributed by atoms with Crippen LogP contribution < -0.4 is 21.1 Å². The largest absolute Gasteiger partial charge is 0.468 e. The van der Waals surface area contributed by atoms with Gasteiger partial charge in [-0.2, -0.15) is 0 Å². The molecule has 1 fully saturated rings. The highest BCUT2D eigenvalue weighted by atomic mass is 16.5. The van der Waals surface area contributed by atoms with E-state index in [-0.39, 0.29) is 18.4 Å². The maximum absolute atomic E-state index is 13.0. The molecule has 8 heteroatoms. The van der Waals surface area contributed by atoms with Crippen molar-refractivity contribution in [3.05, 3.63) is 84.3 Å². The summed E-state index contributed by atoms with van der Waals surface area (Å²) in [6.45, 7) is 2.37. The van der Waals surface area contributed by atoms with Crippen LogP contribution in [0.1, 0.15) is 49.1 Å². The van der Waals surface area contributed by atoms with E-state index in [1.807, 2.05) is 60.7 Å². The van der Waals surface area contributed by atoms with Crippen LogP contribution >= 0.6 is 0 Å². The smallest absolute Gasteiger partial charge is 0.312 e. The first kappa shape index (κ1) is 24.3. The van der Waals surface area contributed by atoms with Crippen molar-refractivity contribution in [1.29, 1.82) is 0 Å². The van der Waals surface area contributed by atoms with Gasteiger partial charge in [-0.05, 0) is 67.9 Å². The molecule has 35 heavy (non-hydrogen) atoms. The molecule has 2 heterocycles. The minimum atomic E-state index is -0.695. The molecule has 0 spiro atoms. The maximum atomic E-state index is 13.0. The maximum Gasteiger partial charge on any atom is 0.312 e. The third-order valence-corrected chi connectivity index (χ3v) is 6.14. The first-order valence-electron chi connectivity index (χ1n) is 12.0. The molecule has 2 unspecified atom stereocenters. The van der Waals surface area contributed by atoms with Crippen LogP contribution in [0.5, 0.6) is 11.5 Å². The number of para-hydroxylation sites is 1. The van der Waals surface area contributed by atoms with Crippen LogP contribution in [0, 0.1) is 0 Å². The van der Waals surface area contributed by atoms with Gasteiger partial charge in [-0.25, -0.2) is 4.79 Å². The first-order chi connectivity index (χ1) is 17.1. The number of amides is 3. The van der Waals surface area contributed by atoms with E-state index in [9.17, 15) is 9.59 Å². The van der Waals surface area contributed by atoms with Crippen LogP contribution in [0.15, 0.2) is 77.4 Å². The molecule has 4 N–H and O–H groups in total. The number of ether oxygens (including phenoxy) is 1. The number of nitrogens with one attached hydrogen (secondary N) is 2. The lowest BCUT2D eigenvalue weighted by atomic mass is 10.0. The Labute approximate surface area is 205 Å². The predicted octanol–water partition coefficient (Wildman–Crippen LogP) is 4.51. The number of carbonyl (C=O) groups is 2. The van der Waals surface area contributed by atoms with E-state index in [4.69, 9.17) is 14.9 Å². The standard InChI is InChI=1S/C27H32N4O4/c28-27(33)30-23(20-9-7-12-22(17-20)35-21-10-3-1-4-11-21)18-26(32)29-19-24(25-13-8-16-34-25)31-14-5-2-6-15-31/h1,3-4,7-13,16-17,23-24H,2,5-6,14-15,18-19H2,(H,29,32)(H3,28,30,33). The molecule has 0 radical (unpaired) electrons. The molecule has 1 aliphatic heterocycles. The Morgan fingerprint density at radius 3 is 2.46 bits per heavy atom. The molecule has 1 saturated heterocycles. The third kappa shape index (κ3) is 7.10. The Morgan fingerprint density at radius 2 is 1.74 bits per heavy atom.